The molecule has 0 amide bonds. The quantitative estimate of drug-likeness (QED) is 0.210. The van der Waals surface area contributed by atoms with E-state index in [-0.39, 0.29) is 26.2 Å². The molecule has 1 heteroatoms. The first-order chi connectivity index (χ1) is 12.4. The number of hydrogen-bond acceptors (Lipinski definition) is 0. The largest absolute Gasteiger partial charge is 3.00 e. The van der Waals surface area contributed by atoms with Crippen molar-refractivity contribution < 1.29 is 26.2 Å². The van der Waals surface area contributed by atoms with Gasteiger partial charge in [-0.05, 0) is 0 Å². The Morgan fingerprint density at radius 2 is 1.23 bits per heavy atom. The summed E-state index contributed by atoms with van der Waals surface area (Å²) < 4.78 is 0. The summed E-state index contributed by atoms with van der Waals surface area (Å²) in [6.45, 7) is 6.00. The van der Waals surface area contributed by atoms with Crippen LogP contribution in [-0.2, 0) is 26.2 Å². The SMILES string of the molecule is C=C.[C-]1=CC=CC1.[Zr+3].c1ccc2[cH-]ccc2c1.c1ccc2[cH-]ccc2c1. The van der Waals surface area contributed by atoms with E-state index >= 15 is 0 Å². The third-order valence-electron chi connectivity index (χ3n) is 3.68. The van der Waals surface area contributed by atoms with E-state index in [4.69, 9.17) is 0 Å². The maximum absolute atomic E-state index is 3.00. The van der Waals surface area contributed by atoms with Crippen molar-refractivity contribution in [3.63, 3.8) is 0 Å². The number of rotatable bonds is 0. The summed E-state index contributed by atoms with van der Waals surface area (Å²) in [4.78, 5) is 0. The molecule has 1 aliphatic rings. The number of hydrogen-bond donors (Lipinski definition) is 0. The van der Waals surface area contributed by atoms with Gasteiger partial charge in [0.1, 0.15) is 0 Å². The van der Waals surface area contributed by atoms with E-state index in [1.54, 1.807) is 0 Å². The summed E-state index contributed by atoms with van der Waals surface area (Å²) in [5.74, 6) is 0. The summed E-state index contributed by atoms with van der Waals surface area (Å²) in [5.41, 5.74) is 0. The van der Waals surface area contributed by atoms with Crippen molar-refractivity contribution in [2.45, 2.75) is 6.42 Å². The molecule has 4 aromatic carbocycles. The molecule has 0 aliphatic heterocycles. The van der Waals surface area contributed by atoms with Crippen LogP contribution in [0.4, 0.5) is 0 Å². The van der Waals surface area contributed by atoms with E-state index in [9.17, 15) is 0 Å². The standard InChI is InChI=1S/2C9H7.C5H5.C2H4.Zr/c2*1-2-5-9-7-3-6-8(9)4-1;1-2-4-5-3-1;1-2;/h2*1-7H;1-3H,4H2;1-2H2;/q3*-1;;+3. The zero-order chi connectivity index (χ0) is 17.7. The van der Waals surface area contributed by atoms with Crippen LogP contribution < -0.4 is 0 Å². The zero-order valence-electron chi connectivity index (χ0n) is 14.9. The molecule has 0 unspecified atom stereocenters. The molecule has 0 saturated carbocycles. The van der Waals surface area contributed by atoms with E-state index < -0.39 is 0 Å². The van der Waals surface area contributed by atoms with Gasteiger partial charge in [0.25, 0.3) is 0 Å². The van der Waals surface area contributed by atoms with Crippen LogP contribution in [0, 0.1) is 6.08 Å². The van der Waals surface area contributed by atoms with Crippen LogP contribution in [0.5, 0.6) is 0 Å². The van der Waals surface area contributed by atoms with E-state index in [1.165, 1.54) is 21.5 Å². The van der Waals surface area contributed by atoms with Gasteiger partial charge < -0.3 is 0 Å². The normalized spacial score (nSPS) is 10.6. The molecule has 0 spiro atoms. The van der Waals surface area contributed by atoms with Gasteiger partial charge in [-0.3, -0.25) is 6.08 Å². The Morgan fingerprint density at radius 3 is 1.58 bits per heavy atom. The molecule has 4 aromatic rings. The van der Waals surface area contributed by atoms with Crippen molar-refractivity contribution in [2.75, 3.05) is 0 Å². The Kier molecular flexibility index (Phi) is 10.9. The Labute approximate surface area is 176 Å². The molecular formula is C25H23Zr. The Bertz CT molecular complexity index is 785. The number of fused-ring (bicyclic) bond motifs is 2. The van der Waals surface area contributed by atoms with Crippen LogP contribution >= 0.6 is 0 Å². The van der Waals surface area contributed by atoms with Crippen molar-refractivity contribution in [3.05, 3.63) is 122 Å². The van der Waals surface area contributed by atoms with E-state index in [2.05, 4.69) is 110 Å². The van der Waals surface area contributed by atoms with Gasteiger partial charge in [0.05, 0.1) is 0 Å². The monoisotopic (exact) mass is 413 g/mol. The second-order valence-corrected chi connectivity index (χ2v) is 5.31. The van der Waals surface area contributed by atoms with Crippen LogP contribution in [0.3, 0.4) is 0 Å². The van der Waals surface area contributed by atoms with Crippen LogP contribution in [0.25, 0.3) is 21.5 Å². The summed E-state index contributed by atoms with van der Waals surface area (Å²) in [6.07, 6.45) is 10.0. The summed E-state index contributed by atoms with van der Waals surface area (Å²) >= 11 is 0. The van der Waals surface area contributed by atoms with Gasteiger partial charge in [-0.2, -0.15) is 41.1 Å². The van der Waals surface area contributed by atoms with Crippen molar-refractivity contribution in [1.82, 2.24) is 0 Å². The summed E-state index contributed by atoms with van der Waals surface area (Å²) in [7, 11) is 0. The number of allylic oxidation sites excluding steroid dienone is 4. The van der Waals surface area contributed by atoms with Crippen molar-refractivity contribution in [1.29, 1.82) is 0 Å². The molecule has 0 saturated heterocycles. The Hall–Kier alpha value is -2.24. The molecule has 0 nitrogen and oxygen atoms in total. The zero-order valence-corrected chi connectivity index (χ0v) is 17.4. The van der Waals surface area contributed by atoms with E-state index in [1.807, 2.05) is 12.2 Å². The third-order valence-corrected chi connectivity index (χ3v) is 3.68. The smallest absolute Gasteiger partial charge is 0.273 e. The first-order valence-corrected chi connectivity index (χ1v) is 8.36. The molecule has 5 rings (SSSR count). The topological polar surface area (TPSA) is 0 Å². The van der Waals surface area contributed by atoms with Crippen LogP contribution in [-0.4, -0.2) is 0 Å². The molecule has 0 fully saturated rings. The first-order valence-electron chi connectivity index (χ1n) is 8.36. The molecule has 0 heterocycles. The maximum Gasteiger partial charge on any atom is 3.00 e. The average Bonchev–Trinajstić information content (AvgIpc) is 3.47. The van der Waals surface area contributed by atoms with Crippen molar-refractivity contribution in [2.24, 2.45) is 0 Å². The fraction of sp³-hybridized carbons (Fsp3) is 0.0400. The van der Waals surface area contributed by atoms with E-state index in [0.717, 1.165) is 6.42 Å². The fourth-order valence-corrected chi connectivity index (χ4v) is 2.48. The molecular weight excluding hydrogens is 391 g/mol. The van der Waals surface area contributed by atoms with Gasteiger partial charge in [0.15, 0.2) is 0 Å². The molecule has 127 valence electrons. The minimum atomic E-state index is 0. The molecule has 1 aliphatic carbocycles. The van der Waals surface area contributed by atoms with Gasteiger partial charge in [-0.15, -0.1) is 78.9 Å². The molecule has 0 atom stereocenters. The van der Waals surface area contributed by atoms with Gasteiger partial charge in [0, 0.05) is 0 Å². The predicted molar refractivity (Wildman–Crippen MR) is 112 cm³/mol. The van der Waals surface area contributed by atoms with E-state index in [0.29, 0.717) is 0 Å². The van der Waals surface area contributed by atoms with Gasteiger partial charge in [-0.1, -0.05) is 12.1 Å². The third kappa shape index (κ3) is 6.94. The minimum Gasteiger partial charge on any atom is -0.273 e. The first kappa shape index (κ1) is 21.8. The second-order valence-electron chi connectivity index (χ2n) is 5.31. The maximum atomic E-state index is 3.00. The molecule has 1 radical (unpaired) electrons. The molecule has 0 N–H and O–H groups in total. The van der Waals surface area contributed by atoms with Gasteiger partial charge in [0.2, 0.25) is 0 Å². The minimum absolute atomic E-state index is 0. The predicted octanol–water partition coefficient (Wildman–Crippen LogP) is 7.22. The number of benzene rings is 2. The van der Waals surface area contributed by atoms with Crippen LogP contribution in [0.15, 0.2) is 116 Å². The van der Waals surface area contributed by atoms with Crippen LogP contribution in [0.2, 0.25) is 0 Å². The second kappa shape index (κ2) is 13.0. The molecule has 0 aromatic heterocycles. The Morgan fingerprint density at radius 1 is 0.731 bits per heavy atom. The van der Waals surface area contributed by atoms with Gasteiger partial charge >= 0.3 is 26.2 Å². The molecule has 0 bridgehead atoms. The van der Waals surface area contributed by atoms with Crippen molar-refractivity contribution in [3.8, 4) is 0 Å². The Balaban J connectivity index is 0.000000189. The molecule has 26 heavy (non-hydrogen) atoms. The fourth-order valence-electron chi connectivity index (χ4n) is 2.48. The summed E-state index contributed by atoms with van der Waals surface area (Å²) in [5, 5.41) is 5.32. The summed E-state index contributed by atoms with van der Waals surface area (Å²) in [6, 6.07) is 29.3. The van der Waals surface area contributed by atoms with Crippen LogP contribution in [0.1, 0.15) is 6.42 Å². The van der Waals surface area contributed by atoms with Crippen molar-refractivity contribution >= 4 is 21.5 Å². The average molecular weight is 415 g/mol. The van der Waals surface area contributed by atoms with Gasteiger partial charge in [-0.25, -0.2) is 12.2 Å².